The molecule has 0 saturated heterocycles. The Kier molecular flexibility index (Phi) is 3.63. The predicted octanol–water partition coefficient (Wildman–Crippen LogP) is 3.05. The molecule has 0 fully saturated rings. The number of carbonyl (C=O) groups excluding carboxylic acids is 1. The fraction of sp³-hybridized carbons (Fsp3) is 0.400. The molecule has 0 unspecified atom stereocenters. The molecule has 1 aromatic heterocycles. The number of ether oxygens (including phenoxy) is 1. The van der Waals surface area contributed by atoms with Crippen LogP contribution in [0.25, 0.3) is 10.9 Å². The molecule has 0 aliphatic carbocycles. The Hall–Kier alpha value is -1.59. The van der Waals surface area contributed by atoms with Crippen molar-refractivity contribution in [1.82, 2.24) is 9.88 Å². The lowest BCUT2D eigenvalue weighted by Crippen LogP contribution is -2.40. The second kappa shape index (κ2) is 5.31. The molecule has 1 N–H and O–H groups in total. The number of halogens is 2. The van der Waals surface area contributed by atoms with Gasteiger partial charge in [-0.05, 0) is 19.1 Å². The largest absolute Gasteiger partial charge is 0.375 e. The third-order valence-electron chi connectivity index (χ3n) is 4.06. The minimum Gasteiger partial charge on any atom is -0.375 e. The van der Waals surface area contributed by atoms with Crippen LogP contribution in [0.15, 0.2) is 12.1 Å². The first-order valence-electron chi connectivity index (χ1n) is 6.81. The molecule has 1 atom stereocenters. The first kappa shape index (κ1) is 14.4. The summed E-state index contributed by atoms with van der Waals surface area (Å²) >= 11 is 6.04. The van der Waals surface area contributed by atoms with Gasteiger partial charge in [-0.15, -0.1) is 0 Å². The van der Waals surface area contributed by atoms with Gasteiger partial charge in [-0.1, -0.05) is 11.6 Å². The van der Waals surface area contributed by atoms with Crippen molar-refractivity contribution in [2.24, 2.45) is 0 Å². The van der Waals surface area contributed by atoms with Crippen molar-refractivity contribution < 1.29 is 13.9 Å². The van der Waals surface area contributed by atoms with Crippen molar-refractivity contribution in [3.63, 3.8) is 0 Å². The third-order valence-corrected chi connectivity index (χ3v) is 4.43. The van der Waals surface area contributed by atoms with E-state index in [1.165, 1.54) is 13.2 Å². The molecule has 1 aliphatic rings. The Morgan fingerprint density at radius 3 is 3.05 bits per heavy atom. The molecule has 112 valence electrons. The van der Waals surface area contributed by atoms with Gasteiger partial charge in [0.2, 0.25) is 5.91 Å². The molecular weight excluding hydrogens is 295 g/mol. The number of nitrogens with zero attached hydrogens (tertiary/aromatic N) is 1. The van der Waals surface area contributed by atoms with Gasteiger partial charge in [0.25, 0.3) is 0 Å². The van der Waals surface area contributed by atoms with E-state index in [9.17, 15) is 9.18 Å². The fourth-order valence-corrected chi connectivity index (χ4v) is 3.29. The van der Waals surface area contributed by atoms with E-state index < -0.39 is 5.82 Å². The van der Waals surface area contributed by atoms with Crippen LogP contribution in [-0.4, -0.2) is 36.1 Å². The number of aromatic amines is 1. The van der Waals surface area contributed by atoms with Crippen LogP contribution in [0.5, 0.6) is 0 Å². The first-order chi connectivity index (χ1) is 10.0. The predicted molar refractivity (Wildman–Crippen MR) is 79.0 cm³/mol. The van der Waals surface area contributed by atoms with Crippen LogP contribution in [0.2, 0.25) is 5.02 Å². The highest BCUT2D eigenvalue weighted by molar-refractivity contribution is 6.35. The number of hydrogen-bond donors (Lipinski definition) is 1. The average molecular weight is 311 g/mol. The maximum absolute atomic E-state index is 13.6. The lowest BCUT2D eigenvalue weighted by Gasteiger charge is -2.33. The van der Waals surface area contributed by atoms with Gasteiger partial charge < -0.3 is 14.6 Å². The molecule has 0 spiro atoms. The van der Waals surface area contributed by atoms with E-state index in [4.69, 9.17) is 16.3 Å². The number of fused-ring (bicyclic) bond motifs is 3. The Morgan fingerprint density at radius 1 is 1.57 bits per heavy atom. The SMILES string of the molecule is COCC(=O)N1CCc2[nH]c3c(Cl)c(F)ccc3c2[C@H]1C. The minimum atomic E-state index is -0.442. The topological polar surface area (TPSA) is 45.3 Å². The maximum atomic E-state index is 13.6. The van der Waals surface area contributed by atoms with Gasteiger partial charge >= 0.3 is 0 Å². The zero-order valence-electron chi connectivity index (χ0n) is 11.9. The fourth-order valence-electron chi connectivity index (χ4n) is 3.08. The van der Waals surface area contributed by atoms with Crippen LogP contribution in [0.4, 0.5) is 4.39 Å². The van der Waals surface area contributed by atoms with Crippen molar-refractivity contribution >= 4 is 28.4 Å². The Morgan fingerprint density at radius 2 is 2.33 bits per heavy atom. The number of aromatic nitrogens is 1. The summed E-state index contributed by atoms with van der Waals surface area (Å²) in [6, 6.07) is 2.99. The summed E-state index contributed by atoms with van der Waals surface area (Å²) in [4.78, 5) is 17.1. The van der Waals surface area contributed by atoms with Crippen LogP contribution in [0.3, 0.4) is 0 Å². The van der Waals surface area contributed by atoms with E-state index in [0.717, 1.165) is 16.6 Å². The van der Waals surface area contributed by atoms with Gasteiger partial charge in [-0.25, -0.2) is 4.39 Å². The first-order valence-corrected chi connectivity index (χ1v) is 7.19. The zero-order chi connectivity index (χ0) is 15.1. The number of benzene rings is 1. The van der Waals surface area contributed by atoms with Crippen molar-refractivity contribution in [3.05, 3.63) is 34.2 Å². The number of rotatable bonds is 2. The molecule has 1 amide bonds. The Bertz CT molecular complexity index is 713. The quantitative estimate of drug-likeness (QED) is 0.926. The molecule has 21 heavy (non-hydrogen) atoms. The van der Waals surface area contributed by atoms with E-state index in [2.05, 4.69) is 4.98 Å². The number of nitrogens with one attached hydrogen (secondary N) is 1. The van der Waals surface area contributed by atoms with Crippen molar-refractivity contribution in [2.45, 2.75) is 19.4 Å². The second-order valence-electron chi connectivity index (χ2n) is 5.25. The van der Waals surface area contributed by atoms with Gasteiger partial charge in [-0.3, -0.25) is 4.79 Å². The van der Waals surface area contributed by atoms with Crippen LogP contribution >= 0.6 is 11.6 Å². The Labute approximate surface area is 126 Å². The van der Waals surface area contributed by atoms with E-state index in [1.54, 1.807) is 11.0 Å². The third kappa shape index (κ3) is 2.21. The highest BCUT2D eigenvalue weighted by Gasteiger charge is 2.31. The number of methoxy groups -OCH3 is 1. The monoisotopic (exact) mass is 310 g/mol. The van der Waals surface area contributed by atoms with E-state index in [0.29, 0.717) is 18.5 Å². The molecular formula is C15H16ClFN2O2. The number of carbonyl (C=O) groups is 1. The lowest BCUT2D eigenvalue weighted by atomic mass is 9.97. The normalized spacial score (nSPS) is 18.1. The lowest BCUT2D eigenvalue weighted by molar-refractivity contribution is -0.137. The molecule has 3 rings (SSSR count). The van der Waals surface area contributed by atoms with Crippen LogP contribution < -0.4 is 0 Å². The summed E-state index contributed by atoms with van der Waals surface area (Å²) in [6.07, 6.45) is 0.696. The summed E-state index contributed by atoms with van der Waals surface area (Å²) in [7, 11) is 1.51. The van der Waals surface area contributed by atoms with E-state index >= 15 is 0 Å². The van der Waals surface area contributed by atoms with Crippen molar-refractivity contribution in [3.8, 4) is 0 Å². The molecule has 6 heteroatoms. The van der Waals surface area contributed by atoms with Crippen LogP contribution in [0.1, 0.15) is 24.2 Å². The summed E-state index contributed by atoms with van der Waals surface area (Å²) in [5, 5.41) is 0.975. The van der Waals surface area contributed by atoms with E-state index in [1.807, 2.05) is 6.92 Å². The molecule has 0 bridgehead atoms. The van der Waals surface area contributed by atoms with Gasteiger partial charge in [0.1, 0.15) is 17.4 Å². The highest BCUT2D eigenvalue weighted by Crippen LogP contribution is 2.38. The molecule has 1 aliphatic heterocycles. The maximum Gasteiger partial charge on any atom is 0.249 e. The molecule has 1 aromatic carbocycles. The molecule has 2 aromatic rings. The average Bonchev–Trinajstić information content (AvgIpc) is 2.83. The number of hydrogen-bond acceptors (Lipinski definition) is 2. The summed E-state index contributed by atoms with van der Waals surface area (Å²) in [6.45, 7) is 2.65. The van der Waals surface area contributed by atoms with Crippen LogP contribution in [0, 0.1) is 5.82 Å². The Balaban J connectivity index is 2.09. The highest BCUT2D eigenvalue weighted by atomic mass is 35.5. The molecule has 0 saturated carbocycles. The second-order valence-corrected chi connectivity index (χ2v) is 5.63. The summed E-state index contributed by atoms with van der Waals surface area (Å²) in [5.74, 6) is -0.485. The molecule has 2 heterocycles. The number of amides is 1. The molecule has 0 radical (unpaired) electrons. The van der Waals surface area contributed by atoms with Gasteiger partial charge in [-0.2, -0.15) is 0 Å². The standard InChI is InChI=1S/C15H16ClFN2O2/c1-8-13-9-3-4-10(17)14(16)15(9)18-11(13)5-6-19(8)12(20)7-21-2/h3-4,8,18H,5-7H2,1-2H3/t8-/m1/s1. The smallest absolute Gasteiger partial charge is 0.249 e. The summed E-state index contributed by atoms with van der Waals surface area (Å²) < 4.78 is 18.5. The van der Waals surface area contributed by atoms with Crippen molar-refractivity contribution in [2.75, 3.05) is 20.3 Å². The minimum absolute atomic E-state index is 0.0433. The number of H-pyrrole nitrogens is 1. The van der Waals surface area contributed by atoms with Gasteiger partial charge in [0.15, 0.2) is 0 Å². The van der Waals surface area contributed by atoms with Gasteiger partial charge in [0.05, 0.1) is 11.6 Å². The summed E-state index contributed by atoms with van der Waals surface area (Å²) in [5.41, 5.74) is 2.64. The van der Waals surface area contributed by atoms with Crippen LogP contribution in [-0.2, 0) is 16.0 Å². The zero-order valence-corrected chi connectivity index (χ0v) is 12.6. The van der Waals surface area contributed by atoms with Crippen molar-refractivity contribution in [1.29, 1.82) is 0 Å². The molecule has 4 nitrogen and oxygen atoms in total. The van der Waals surface area contributed by atoms with E-state index in [-0.39, 0.29) is 23.6 Å². The van der Waals surface area contributed by atoms with Gasteiger partial charge in [0, 0.05) is 36.7 Å².